The largest absolute Gasteiger partial charge is 0.459 e. The molecule has 0 aliphatic carbocycles. The monoisotopic (exact) mass is 511 g/mol. The molecule has 0 saturated carbocycles. The molecule has 4 nitrogen and oxygen atoms in total. The molecule has 1 fully saturated rings. The van der Waals surface area contributed by atoms with Gasteiger partial charge in [-0.05, 0) is 66.8 Å². The quantitative estimate of drug-likeness (QED) is 0.314. The maximum atomic E-state index is 14.8. The molecule has 3 heterocycles. The summed E-state index contributed by atoms with van der Waals surface area (Å²) < 4.78 is 36.0. The molecule has 1 aliphatic heterocycles. The lowest BCUT2D eigenvalue weighted by atomic mass is 10.0. The van der Waals surface area contributed by atoms with Gasteiger partial charge in [0, 0.05) is 10.7 Å². The van der Waals surface area contributed by atoms with E-state index in [0.29, 0.717) is 32.4 Å². The van der Waals surface area contributed by atoms with Gasteiger partial charge in [-0.15, -0.1) is 0 Å². The molecule has 1 aliphatic rings. The Labute approximate surface area is 197 Å². The summed E-state index contributed by atoms with van der Waals surface area (Å²) >= 11 is 8.85. The van der Waals surface area contributed by atoms with Crippen LogP contribution in [0.1, 0.15) is 23.5 Å². The zero-order valence-corrected chi connectivity index (χ0v) is 18.9. The Hall–Kier alpha value is -3.10. The van der Waals surface area contributed by atoms with E-state index in [2.05, 4.69) is 26.2 Å². The third-order valence-electron chi connectivity index (χ3n) is 5.32. The van der Waals surface area contributed by atoms with Gasteiger partial charge in [0.1, 0.15) is 29.2 Å². The van der Waals surface area contributed by atoms with Crippen LogP contribution in [0.5, 0.6) is 0 Å². The van der Waals surface area contributed by atoms with Gasteiger partial charge in [0.25, 0.3) is 0 Å². The second-order valence-electron chi connectivity index (χ2n) is 7.27. The maximum Gasteiger partial charge on any atom is 0.174 e. The van der Waals surface area contributed by atoms with Gasteiger partial charge >= 0.3 is 0 Å². The summed E-state index contributed by atoms with van der Waals surface area (Å²) in [6, 6.07) is 19.3. The second-order valence-corrected chi connectivity index (χ2v) is 8.58. The number of hydrogen-bond acceptors (Lipinski definition) is 3. The van der Waals surface area contributed by atoms with Crippen LogP contribution < -0.4 is 10.2 Å². The van der Waals surface area contributed by atoms with Crippen molar-refractivity contribution in [3.05, 3.63) is 107 Å². The summed E-state index contributed by atoms with van der Waals surface area (Å²) in [7, 11) is 0. The summed E-state index contributed by atoms with van der Waals surface area (Å²) in [5.41, 5.74) is 1.38. The van der Waals surface area contributed by atoms with Crippen molar-refractivity contribution in [2.75, 3.05) is 4.90 Å². The predicted octanol–water partition coefficient (Wildman–Crippen LogP) is 6.56. The van der Waals surface area contributed by atoms with Gasteiger partial charge in [-0.1, -0.05) is 34.1 Å². The zero-order chi connectivity index (χ0) is 22.2. The van der Waals surface area contributed by atoms with E-state index >= 15 is 0 Å². The molecule has 2 aromatic heterocycles. The van der Waals surface area contributed by atoms with Crippen molar-refractivity contribution in [3.63, 3.8) is 0 Å². The van der Waals surface area contributed by atoms with Gasteiger partial charge in [-0.2, -0.15) is 0 Å². The smallest absolute Gasteiger partial charge is 0.174 e. The molecular formula is C24H16BrF2N3OS. The van der Waals surface area contributed by atoms with Crippen LogP contribution in [0.3, 0.4) is 0 Å². The number of para-hydroxylation sites is 1. The lowest BCUT2D eigenvalue weighted by molar-refractivity contribution is 0.436. The van der Waals surface area contributed by atoms with Crippen molar-refractivity contribution < 1.29 is 13.2 Å². The van der Waals surface area contributed by atoms with Crippen molar-refractivity contribution in [1.29, 1.82) is 0 Å². The number of nitrogens with zero attached hydrogens (tertiary/aromatic N) is 2. The van der Waals surface area contributed by atoms with Crippen LogP contribution in [0.2, 0.25) is 0 Å². The van der Waals surface area contributed by atoms with Gasteiger partial charge in [-0.3, -0.25) is 4.98 Å². The predicted molar refractivity (Wildman–Crippen MR) is 126 cm³/mol. The summed E-state index contributed by atoms with van der Waals surface area (Å²) in [6.45, 7) is 0. The summed E-state index contributed by atoms with van der Waals surface area (Å²) in [5, 5.41) is 3.60. The van der Waals surface area contributed by atoms with Crippen molar-refractivity contribution >= 4 is 38.9 Å². The van der Waals surface area contributed by atoms with E-state index in [9.17, 15) is 8.78 Å². The Morgan fingerprint density at radius 2 is 1.78 bits per heavy atom. The lowest BCUT2D eigenvalue weighted by Crippen LogP contribution is -2.30. The molecule has 1 saturated heterocycles. The Balaban J connectivity index is 1.62. The highest BCUT2D eigenvalue weighted by atomic mass is 79.9. The maximum absolute atomic E-state index is 14.8. The second kappa shape index (κ2) is 8.44. The molecule has 2 aromatic carbocycles. The fourth-order valence-electron chi connectivity index (χ4n) is 3.90. The van der Waals surface area contributed by atoms with E-state index in [1.807, 2.05) is 18.2 Å². The fourth-order valence-corrected chi connectivity index (χ4v) is 4.57. The van der Waals surface area contributed by atoms with Gasteiger partial charge in [0.05, 0.1) is 23.0 Å². The first-order valence-electron chi connectivity index (χ1n) is 9.83. The van der Waals surface area contributed by atoms with Crippen molar-refractivity contribution in [1.82, 2.24) is 10.3 Å². The first kappa shape index (κ1) is 20.8. The average molecular weight is 512 g/mol. The van der Waals surface area contributed by atoms with Gasteiger partial charge in [0.2, 0.25) is 0 Å². The minimum Gasteiger partial charge on any atom is -0.459 e. The standard InChI is InChI=1S/C24H16BrF2N3OS/c25-14-8-9-15(17(27)13-14)20-10-11-21(31-20)23-22(18-6-3-4-12-28-18)29-24(32)30(23)19-7-2-1-5-16(19)26/h1-13,22-23H,(H,29,32)/t22-,23-/m1/s1. The number of furan rings is 1. The molecule has 4 aromatic rings. The Kier molecular flexibility index (Phi) is 5.48. The van der Waals surface area contributed by atoms with Crippen LogP contribution >= 0.6 is 28.1 Å². The third-order valence-corrected chi connectivity index (χ3v) is 6.13. The Morgan fingerprint density at radius 3 is 2.53 bits per heavy atom. The normalized spacial score (nSPS) is 18.1. The zero-order valence-electron chi connectivity index (χ0n) is 16.5. The molecule has 5 rings (SSSR count). The van der Waals surface area contributed by atoms with Crippen LogP contribution in [0.4, 0.5) is 14.5 Å². The van der Waals surface area contributed by atoms with E-state index < -0.39 is 23.7 Å². The molecule has 8 heteroatoms. The van der Waals surface area contributed by atoms with Gasteiger partial charge in [0.15, 0.2) is 5.11 Å². The molecule has 0 bridgehead atoms. The molecule has 0 amide bonds. The van der Waals surface area contributed by atoms with Crippen molar-refractivity contribution in [2.24, 2.45) is 0 Å². The number of aromatic nitrogens is 1. The number of pyridine rings is 1. The molecule has 0 radical (unpaired) electrons. The van der Waals surface area contributed by atoms with Gasteiger partial charge in [-0.25, -0.2) is 8.78 Å². The van der Waals surface area contributed by atoms with Crippen LogP contribution in [-0.4, -0.2) is 10.1 Å². The third kappa shape index (κ3) is 3.69. The Morgan fingerprint density at radius 1 is 0.969 bits per heavy atom. The van der Waals surface area contributed by atoms with Gasteiger partial charge < -0.3 is 14.6 Å². The number of rotatable bonds is 4. The molecule has 1 N–H and O–H groups in total. The minimum absolute atomic E-state index is 0.321. The molecular weight excluding hydrogens is 496 g/mol. The molecule has 0 unspecified atom stereocenters. The Bertz CT molecular complexity index is 1300. The van der Waals surface area contributed by atoms with Crippen LogP contribution in [-0.2, 0) is 0 Å². The highest BCUT2D eigenvalue weighted by Crippen LogP contribution is 2.43. The topological polar surface area (TPSA) is 41.3 Å². The van der Waals surface area contributed by atoms with Crippen molar-refractivity contribution in [3.8, 4) is 11.3 Å². The number of benzene rings is 2. The minimum atomic E-state index is -0.526. The van der Waals surface area contributed by atoms with Crippen LogP contribution in [0.25, 0.3) is 11.3 Å². The molecule has 0 spiro atoms. The van der Waals surface area contributed by atoms with E-state index in [-0.39, 0.29) is 0 Å². The SMILES string of the molecule is Fc1cc(Br)ccc1-c1ccc([C@@H]2[C@@H](c3ccccn3)NC(=S)N2c2ccccc2F)o1. The number of halogens is 3. The summed E-state index contributed by atoms with van der Waals surface area (Å²) in [4.78, 5) is 6.15. The number of nitrogens with one attached hydrogen (secondary N) is 1. The first-order chi connectivity index (χ1) is 15.5. The van der Waals surface area contributed by atoms with Crippen LogP contribution in [0.15, 0.2) is 87.9 Å². The number of thiocarbonyl (C=S) groups is 1. The molecule has 2 atom stereocenters. The van der Waals surface area contributed by atoms with E-state index in [0.717, 1.165) is 5.69 Å². The van der Waals surface area contributed by atoms with Crippen LogP contribution in [0, 0.1) is 11.6 Å². The van der Waals surface area contributed by atoms with Crippen molar-refractivity contribution in [2.45, 2.75) is 12.1 Å². The highest BCUT2D eigenvalue weighted by Gasteiger charge is 2.43. The molecule has 160 valence electrons. The van der Waals surface area contributed by atoms with E-state index in [1.54, 1.807) is 53.6 Å². The first-order valence-corrected chi connectivity index (χ1v) is 11.0. The average Bonchev–Trinajstić information content (AvgIpc) is 3.39. The highest BCUT2D eigenvalue weighted by molar-refractivity contribution is 9.10. The number of hydrogen-bond donors (Lipinski definition) is 1. The summed E-state index contributed by atoms with van der Waals surface area (Å²) in [6.07, 6.45) is 1.69. The molecule has 32 heavy (non-hydrogen) atoms. The fraction of sp³-hybridized carbons (Fsp3) is 0.0833. The van der Waals surface area contributed by atoms with E-state index in [1.165, 1.54) is 12.1 Å². The lowest BCUT2D eigenvalue weighted by Gasteiger charge is -2.26. The number of anilines is 1. The summed E-state index contributed by atoms with van der Waals surface area (Å²) in [5.74, 6) is 0.0614. The van der Waals surface area contributed by atoms with E-state index in [4.69, 9.17) is 16.6 Å².